The van der Waals surface area contributed by atoms with E-state index in [0.717, 1.165) is 34.3 Å². The van der Waals surface area contributed by atoms with Gasteiger partial charge in [-0.2, -0.15) is 0 Å². The van der Waals surface area contributed by atoms with Crippen molar-refractivity contribution in [3.8, 4) is 16.8 Å². The summed E-state index contributed by atoms with van der Waals surface area (Å²) in [5, 5.41) is 4.96. The number of Topliss-reactive ketones (excluding diaryl/α,β-unsaturated/α-hetero) is 1. The fourth-order valence-corrected chi connectivity index (χ4v) is 8.10. The smallest absolute Gasteiger partial charge is 0.167 e. The Hall–Kier alpha value is -5.93. The van der Waals surface area contributed by atoms with Crippen LogP contribution in [-0.4, -0.2) is 14.9 Å². The Bertz CT molecular complexity index is 2590. The van der Waals surface area contributed by atoms with Crippen molar-refractivity contribution in [2.75, 3.05) is 0 Å². The highest BCUT2D eigenvalue weighted by atomic mass is 16.1. The Kier molecular flexibility index (Phi) is 5.62. The number of allylic oxidation sites excluding steroid dienone is 4. The van der Waals surface area contributed by atoms with Gasteiger partial charge in [-0.15, -0.1) is 0 Å². The van der Waals surface area contributed by atoms with E-state index in [2.05, 4.69) is 155 Å². The van der Waals surface area contributed by atoms with Crippen LogP contribution in [0.3, 0.4) is 0 Å². The second kappa shape index (κ2) is 10.0. The van der Waals surface area contributed by atoms with E-state index in [4.69, 9.17) is 0 Å². The maximum atomic E-state index is 13.5. The molecule has 0 radical (unpaired) electrons. The van der Waals surface area contributed by atoms with Gasteiger partial charge in [0.1, 0.15) is 0 Å². The predicted octanol–water partition coefficient (Wildman–Crippen LogP) is 10.9. The summed E-state index contributed by atoms with van der Waals surface area (Å²) in [6.45, 7) is 0. The first-order valence-electron chi connectivity index (χ1n) is 16.4. The van der Waals surface area contributed by atoms with Gasteiger partial charge >= 0.3 is 0 Å². The van der Waals surface area contributed by atoms with Gasteiger partial charge in [-0.1, -0.05) is 109 Å². The van der Waals surface area contributed by atoms with Crippen LogP contribution in [0.2, 0.25) is 0 Å². The molecule has 8 aromatic rings. The summed E-state index contributed by atoms with van der Waals surface area (Å²) in [6.07, 6.45) is 8.29. The summed E-state index contributed by atoms with van der Waals surface area (Å²) in [5.74, 6) is 0.195. The lowest BCUT2D eigenvalue weighted by atomic mass is 9.84. The van der Waals surface area contributed by atoms with Crippen LogP contribution in [0.25, 0.3) is 66.0 Å². The summed E-state index contributed by atoms with van der Waals surface area (Å²) in [4.78, 5) is 13.5. The molecule has 222 valence electrons. The lowest BCUT2D eigenvalue weighted by molar-refractivity contribution is 0.0992. The molecule has 3 heteroatoms. The maximum Gasteiger partial charge on any atom is 0.167 e. The normalized spacial score (nSPS) is 15.8. The van der Waals surface area contributed by atoms with Crippen LogP contribution in [0.5, 0.6) is 0 Å². The molecule has 0 aliphatic heterocycles. The largest absolute Gasteiger partial charge is 0.333 e. The number of fused-ring (bicyclic) bond motifs is 9. The van der Waals surface area contributed by atoms with E-state index >= 15 is 0 Å². The van der Waals surface area contributed by atoms with Gasteiger partial charge in [0.05, 0.1) is 22.6 Å². The van der Waals surface area contributed by atoms with E-state index in [1.165, 1.54) is 54.8 Å². The van der Waals surface area contributed by atoms with Crippen molar-refractivity contribution in [3.05, 3.63) is 168 Å². The summed E-state index contributed by atoms with van der Waals surface area (Å²) in [5.41, 5.74) is 12.5. The van der Waals surface area contributed by atoms with Crippen LogP contribution in [0.1, 0.15) is 33.9 Å². The van der Waals surface area contributed by atoms with Crippen LogP contribution in [0.4, 0.5) is 0 Å². The van der Waals surface area contributed by atoms with E-state index in [-0.39, 0.29) is 11.8 Å². The highest BCUT2D eigenvalue weighted by Gasteiger charge is 2.26. The molecular weight excluding hydrogens is 572 g/mol. The minimum absolute atomic E-state index is 0.124. The Balaban J connectivity index is 1.09. The third kappa shape index (κ3) is 3.90. The average Bonchev–Trinajstić information content (AvgIpc) is 3.64. The molecule has 3 nitrogen and oxygen atoms in total. The highest BCUT2D eigenvalue weighted by Crippen LogP contribution is 2.42. The Labute approximate surface area is 272 Å². The van der Waals surface area contributed by atoms with Crippen molar-refractivity contribution in [1.29, 1.82) is 0 Å². The fourth-order valence-electron chi connectivity index (χ4n) is 8.10. The van der Waals surface area contributed by atoms with Crippen LogP contribution < -0.4 is 0 Å². The van der Waals surface area contributed by atoms with E-state index in [1.807, 2.05) is 6.07 Å². The van der Waals surface area contributed by atoms with Crippen molar-refractivity contribution in [2.24, 2.45) is 0 Å². The fraction of sp³-hybridized carbons (Fsp3) is 0.0682. The number of ketones is 1. The first-order valence-corrected chi connectivity index (χ1v) is 16.4. The number of rotatable bonds is 3. The average molecular weight is 603 g/mol. The minimum Gasteiger partial charge on any atom is -0.333 e. The van der Waals surface area contributed by atoms with Crippen molar-refractivity contribution in [1.82, 2.24) is 9.13 Å². The van der Waals surface area contributed by atoms with Crippen LogP contribution in [-0.2, 0) is 6.42 Å². The summed E-state index contributed by atoms with van der Waals surface area (Å²) in [6, 6.07) is 47.8. The summed E-state index contributed by atoms with van der Waals surface area (Å²) >= 11 is 0. The Morgan fingerprint density at radius 3 is 1.94 bits per heavy atom. The molecule has 6 aromatic carbocycles. The number of carbonyl (C=O) groups is 1. The molecule has 0 saturated heterocycles. The van der Waals surface area contributed by atoms with Crippen LogP contribution in [0.15, 0.2) is 152 Å². The van der Waals surface area contributed by atoms with E-state index in [0.29, 0.717) is 6.42 Å². The van der Waals surface area contributed by atoms with Gasteiger partial charge in [0.25, 0.3) is 0 Å². The SMILES string of the molecule is O=C1Cc2ccccc2-c2cc3c4ccccc4n(C4C=C(c5ccc(-n6c7ccccc7c7ccccc76)cc5)C=CC4)c3cc21. The van der Waals surface area contributed by atoms with Gasteiger partial charge in [-0.3, -0.25) is 4.79 Å². The van der Waals surface area contributed by atoms with Crippen molar-refractivity contribution >= 4 is 55.0 Å². The highest BCUT2D eigenvalue weighted by molar-refractivity contribution is 6.16. The molecule has 0 spiro atoms. The molecule has 0 saturated carbocycles. The zero-order chi connectivity index (χ0) is 31.1. The zero-order valence-electron chi connectivity index (χ0n) is 25.7. The second-order valence-corrected chi connectivity index (χ2v) is 12.8. The molecule has 1 unspecified atom stereocenters. The van der Waals surface area contributed by atoms with E-state index in [9.17, 15) is 4.79 Å². The maximum absolute atomic E-state index is 13.5. The zero-order valence-corrected chi connectivity index (χ0v) is 25.7. The first-order chi connectivity index (χ1) is 23.2. The molecule has 2 aromatic heterocycles. The molecule has 2 aliphatic carbocycles. The number of hydrogen-bond donors (Lipinski definition) is 0. The number of para-hydroxylation sites is 3. The molecule has 0 bridgehead atoms. The molecule has 0 N–H and O–H groups in total. The molecule has 1 atom stereocenters. The second-order valence-electron chi connectivity index (χ2n) is 12.8. The third-order valence-corrected chi connectivity index (χ3v) is 10.2. The molecular formula is C44H30N2O. The van der Waals surface area contributed by atoms with Gasteiger partial charge in [0, 0.05) is 44.7 Å². The molecule has 10 rings (SSSR count). The van der Waals surface area contributed by atoms with Gasteiger partial charge < -0.3 is 9.13 Å². The Morgan fingerprint density at radius 1 is 0.553 bits per heavy atom. The number of nitrogens with zero attached hydrogens (tertiary/aromatic N) is 2. The number of aromatic nitrogens is 2. The van der Waals surface area contributed by atoms with Gasteiger partial charge in [-0.05, 0) is 76.7 Å². The van der Waals surface area contributed by atoms with Gasteiger partial charge in [-0.25, -0.2) is 0 Å². The quantitative estimate of drug-likeness (QED) is 0.198. The van der Waals surface area contributed by atoms with E-state index in [1.54, 1.807) is 0 Å². The predicted molar refractivity (Wildman–Crippen MR) is 194 cm³/mol. The van der Waals surface area contributed by atoms with Crippen molar-refractivity contribution in [3.63, 3.8) is 0 Å². The van der Waals surface area contributed by atoms with E-state index < -0.39 is 0 Å². The van der Waals surface area contributed by atoms with Crippen LogP contribution in [0, 0.1) is 0 Å². The molecule has 0 amide bonds. The number of carbonyl (C=O) groups excluding carboxylic acids is 1. The monoisotopic (exact) mass is 602 g/mol. The number of hydrogen-bond acceptors (Lipinski definition) is 1. The summed E-state index contributed by atoms with van der Waals surface area (Å²) < 4.78 is 4.81. The molecule has 0 fully saturated rings. The van der Waals surface area contributed by atoms with Gasteiger partial charge in [0.2, 0.25) is 0 Å². The molecule has 2 heterocycles. The topological polar surface area (TPSA) is 26.9 Å². The molecule has 2 aliphatic rings. The lowest BCUT2D eigenvalue weighted by Crippen LogP contribution is -2.13. The molecule has 47 heavy (non-hydrogen) atoms. The summed E-state index contributed by atoms with van der Waals surface area (Å²) in [7, 11) is 0. The lowest BCUT2D eigenvalue weighted by Gasteiger charge is -2.23. The number of benzene rings is 6. The van der Waals surface area contributed by atoms with Gasteiger partial charge in [0.15, 0.2) is 5.78 Å². The van der Waals surface area contributed by atoms with Crippen molar-refractivity contribution < 1.29 is 4.79 Å². The Morgan fingerprint density at radius 2 is 1.19 bits per heavy atom. The third-order valence-electron chi connectivity index (χ3n) is 10.2. The minimum atomic E-state index is 0.124. The van der Waals surface area contributed by atoms with Crippen molar-refractivity contribution in [2.45, 2.75) is 18.9 Å². The first kappa shape index (κ1) is 26.3. The standard InChI is InChI=1S/C44H30N2O/c47-44-25-30-10-1-2-13-33(30)37-26-38-36-16-5-8-19-42(36)46(43(38)27-39(37)44)32-12-9-11-29(24-32)28-20-22-31(23-21-28)45-40-17-6-3-14-34(40)35-15-4-7-18-41(35)45/h1-11,13-24,26-27,32H,12,25H2. The van der Waals surface area contributed by atoms with Crippen LogP contribution >= 0.6 is 0 Å².